The molecule has 25 heavy (non-hydrogen) atoms. The minimum atomic E-state index is -1.05. The monoisotopic (exact) mass is 367 g/mol. The molecule has 0 radical (unpaired) electrons. The van der Waals surface area contributed by atoms with E-state index < -0.39 is 17.1 Å². The van der Waals surface area contributed by atoms with E-state index in [0.29, 0.717) is 22.8 Å². The average molecular weight is 367 g/mol. The smallest absolute Gasteiger partial charge is 0.305 e. The summed E-state index contributed by atoms with van der Waals surface area (Å²) >= 11 is 1.02. The van der Waals surface area contributed by atoms with E-state index in [1.807, 2.05) is 0 Å². The Morgan fingerprint density at radius 1 is 1.24 bits per heavy atom. The second kappa shape index (κ2) is 8.38. The quantitative estimate of drug-likeness (QED) is 0.547. The fourth-order valence-electron chi connectivity index (χ4n) is 2.04. The average Bonchev–Trinajstić information content (AvgIpc) is 2.93. The van der Waals surface area contributed by atoms with Crippen LogP contribution in [0.1, 0.15) is 12.0 Å². The Balaban J connectivity index is 2.16. The van der Waals surface area contributed by atoms with Crippen LogP contribution in [-0.2, 0) is 9.59 Å². The lowest BCUT2D eigenvalue weighted by Crippen LogP contribution is -2.26. The van der Waals surface area contributed by atoms with Gasteiger partial charge in [-0.3, -0.25) is 9.59 Å². The Kier molecular flexibility index (Phi) is 6.23. The van der Waals surface area contributed by atoms with Gasteiger partial charge in [0.1, 0.15) is 11.0 Å². The largest absolute Gasteiger partial charge is 0.496 e. The van der Waals surface area contributed by atoms with E-state index in [9.17, 15) is 9.59 Å². The van der Waals surface area contributed by atoms with Gasteiger partial charge in [0.2, 0.25) is 5.91 Å². The number of hydrogen-bond donors (Lipinski definition) is 2. The fraction of sp³-hybridized carbons (Fsp3) is 0.333. The number of carboxylic acids is 1. The van der Waals surface area contributed by atoms with E-state index in [1.165, 1.54) is 27.5 Å². The number of methoxy groups -OCH3 is 3. The van der Waals surface area contributed by atoms with Crippen molar-refractivity contribution in [2.24, 2.45) is 10.2 Å². The van der Waals surface area contributed by atoms with E-state index in [-0.39, 0.29) is 11.6 Å². The van der Waals surface area contributed by atoms with Crippen molar-refractivity contribution in [2.75, 3.05) is 21.3 Å². The summed E-state index contributed by atoms with van der Waals surface area (Å²) in [7, 11) is 4.54. The number of aliphatic carboxylic acids is 1. The first-order valence-electron chi connectivity index (χ1n) is 7.08. The van der Waals surface area contributed by atoms with Gasteiger partial charge in [0.25, 0.3) is 0 Å². The highest BCUT2D eigenvalue weighted by molar-refractivity contribution is 8.15. The molecule has 10 heteroatoms. The highest BCUT2D eigenvalue weighted by atomic mass is 32.2. The number of nitrogens with zero attached hydrogens (tertiary/aromatic N) is 2. The molecule has 1 saturated heterocycles. The zero-order valence-electron chi connectivity index (χ0n) is 13.8. The summed E-state index contributed by atoms with van der Waals surface area (Å²) in [5, 5.41) is 18.6. The van der Waals surface area contributed by atoms with Crippen LogP contribution in [0.2, 0.25) is 0 Å². The van der Waals surface area contributed by atoms with Crippen molar-refractivity contribution in [3.8, 4) is 17.2 Å². The van der Waals surface area contributed by atoms with Crippen LogP contribution >= 0.6 is 11.8 Å². The summed E-state index contributed by atoms with van der Waals surface area (Å²) in [6.07, 6.45) is 1.16. The number of carboxylic acid groups (broad SMARTS) is 1. The topological polar surface area (TPSA) is 119 Å². The number of ether oxygens (including phenoxy) is 3. The third-order valence-corrected chi connectivity index (χ3v) is 4.29. The Labute approximate surface area is 148 Å². The molecule has 1 aromatic carbocycles. The molecule has 0 aromatic heterocycles. The summed E-state index contributed by atoms with van der Waals surface area (Å²) in [6.45, 7) is 0. The zero-order valence-corrected chi connectivity index (χ0v) is 14.6. The minimum Gasteiger partial charge on any atom is -0.496 e. The molecule has 0 saturated carbocycles. The lowest BCUT2D eigenvalue weighted by molar-refractivity contribution is -0.138. The predicted octanol–water partition coefficient (Wildman–Crippen LogP) is 1.11. The first-order chi connectivity index (χ1) is 12.0. The van der Waals surface area contributed by atoms with E-state index in [4.69, 9.17) is 19.3 Å². The van der Waals surface area contributed by atoms with Crippen molar-refractivity contribution in [3.05, 3.63) is 17.7 Å². The molecule has 0 aliphatic carbocycles. The van der Waals surface area contributed by atoms with Crippen molar-refractivity contribution in [1.29, 1.82) is 0 Å². The van der Waals surface area contributed by atoms with E-state index in [1.54, 1.807) is 12.1 Å². The van der Waals surface area contributed by atoms with Crippen LogP contribution in [0, 0.1) is 0 Å². The minimum absolute atomic E-state index is 0.243. The second-order valence-electron chi connectivity index (χ2n) is 4.79. The van der Waals surface area contributed by atoms with Crippen molar-refractivity contribution in [2.45, 2.75) is 11.7 Å². The zero-order chi connectivity index (χ0) is 18.4. The molecule has 1 aromatic rings. The maximum atomic E-state index is 11.6. The molecule has 1 amide bonds. The van der Waals surface area contributed by atoms with Crippen LogP contribution < -0.4 is 19.5 Å². The standard InChI is InChI=1S/C15H17N3O6S/c1-22-9-5-11(24-3)10(23-2)4-8(9)7-16-18-15-17-14(21)12(25-15)6-13(19)20/h4-5,7,12H,6H2,1-3H3,(H,19,20)(H,17,18,21)/b16-7-/t12-/m0/s1. The molecule has 2 rings (SSSR count). The number of rotatable bonds is 7. The van der Waals surface area contributed by atoms with Crippen molar-refractivity contribution < 1.29 is 28.9 Å². The Morgan fingerprint density at radius 2 is 1.88 bits per heavy atom. The van der Waals surface area contributed by atoms with Gasteiger partial charge < -0.3 is 24.6 Å². The number of benzene rings is 1. The van der Waals surface area contributed by atoms with Crippen molar-refractivity contribution >= 4 is 35.0 Å². The molecule has 1 fully saturated rings. The van der Waals surface area contributed by atoms with Crippen LogP contribution in [0.15, 0.2) is 22.3 Å². The first-order valence-corrected chi connectivity index (χ1v) is 7.96. The maximum Gasteiger partial charge on any atom is 0.305 e. The molecule has 0 bridgehead atoms. The van der Waals surface area contributed by atoms with Gasteiger partial charge in [-0.1, -0.05) is 11.8 Å². The predicted molar refractivity (Wildman–Crippen MR) is 92.9 cm³/mol. The molecule has 1 heterocycles. The number of amides is 1. The third kappa shape index (κ3) is 4.63. The third-order valence-electron chi connectivity index (χ3n) is 3.22. The summed E-state index contributed by atoms with van der Waals surface area (Å²) in [5.41, 5.74) is 0.598. The van der Waals surface area contributed by atoms with Gasteiger partial charge in [0.15, 0.2) is 16.7 Å². The highest BCUT2D eigenvalue weighted by Gasteiger charge is 2.32. The summed E-state index contributed by atoms with van der Waals surface area (Å²) < 4.78 is 15.7. The molecule has 1 atom stereocenters. The summed E-state index contributed by atoms with van der Waals surface area (Å²) in [5.74, 6) is 0.0754. The van der Waals surface area contributed by atoms with Crippen LogP contribution in [0.3, 0.4) is 0 Å². The molecule has 9 nitrogen and oxygen atoms in total. The van der Waals surface area contributed by atoms with Gasteiger partial charge in [-0.05, 0) is 6.07 Å². The fourth-order valence-corrected chi connectivity index (χ4v) is 2.96. The van der Waals surface area contributed by atoms with Crippen LogP contribution in [0.5, 0.6) is 17.2 Å². The Bertz CT molecular complexity index is 734. The molecule has 1 aliphatic rings. The Morgan fingerprint density at radius 3 is 2.48 bits per heavy atom. The van der Waals surface area contributed by atoms with E-state index >= 15 is 0 Å². The number of amidine groups is 1. The molecule has 0 unspecified atom stereocenters. The Hall–Kier alpha value is -2.75. The first kappa shape index (κ1) is 18.6. The van der Waals surface area contributed by atoms with Crippen LogP contribution in [-0.4, -0.2) is 54.9 Å². The number of hydrogen-bond acceptors (Lipinski definition) is 8. The summed E-state index contributed by atoms with van der Waals surface area (Å²) in [4.78, 5) is 22.3. The van der Waals surface area contributed by atoms with Gasteiger partial charge in [-0.15, -0.1) is 5.10 Å². The van der Waals surface area contributed by atoms with Crippen molar-refractivity contribution in [3.63, 3.8) is 0 Å². The lowest BCUT2D eigenvalue weighted by atomic mass is 10.2. The molecular weight excluding hydrogens is 350 g/mol. The van der Waals surface area contributed by atoms with Gasteiger partial charge in [-0.2, -0.15) is 5.10 Å². The van der Waals surface area contributed by atoms with Crippen LogP contribution in [0.4, 0.5) is 0 Å². The molecule has 0 spiro atoms. The highest BCUT2D eigenvalue weighted by Crippen LogP contribution is 2.33. The van der Waals surface area contributed by atoms with E-state index in [0.717, 1.165) is 11.8 Å². The van der Waals surface area contributed by atoms with E-state index in [2.05, 4.69) is 15.5 Å². The number of nitrogens with one attached hydrogen (secondary N) is 1. The SMILES string of the molecule is COc1cc(OC)c(OC)cc1/C=N\N=C1\NC(=O)[C@H](CC(=O)O)S1. The lowest BCUT2D eigenvalue weighted by Gasteiger charge is -2.11. The molecule has 134 valence electrons. The number of carbonyl (C=O) groups excluding carboxylic acids is 1. The van der Waals surface area contributed by atoms with Gasteiger partial charge in [0, 0.05) is 11.6 Å². The van der Waals surface area contributed by atoms with Gasteiger partial charge in [0.05, 0.1) is 34.0 Å². The number of thioether (sulfide) groups is 1. The molecule has 2 N–H and O–H groups in total. The number of carbonyl (C=O) groups is 2. The van der Waals surface area contributed by atoms with Gasteiger partial charge >= 0.3 is 5.97 Å². The van der Waals surface area contributed by atoms with Gasteiger partial charge in [-0.25, -0.2) is 0 Å². The summed E-state index contributed by atoms with van der Waals surface area (Å²) in [6, 6.07) is 3.33. The molecular formula is C15H17N3O6S. The second-order valence-corrected chi connectivity index (χ2v) is 5.98. The van der Waals surface area contributed by atoms with Crippen molar-refractivity contribution in [1.82, 2.24) is 5.32 Å². The van der Waals surface area contributed by atoms with Crippen LogP contribution in [0.25, 0.3) is 0 Å². The maximum absolute atomic E-state index is 11.6. The molecule has 1 aliphatic heterocycles. The normalized spacial score (nSPS) is 18.4.